The average Bonchev–Trinajstić information content (AvgIpc) is 3.26. The highest BCUT2D eigenvalue weighted by Crippen LogP contribution is 2.48. The molecule has 7 nitrogen and oxygen atoms in total. The first-order valence-corrected chi connectivity index (χ1v) is 9.21. The van der Waals surface area contributed by atoms with Gasteiger partial charge in [0.2, 0.25) is 0 Å². The molecule has 4 rings (SSSR count). The normalized spacial score (nSPS) is 23.9. The SMILES string of the molecule is O=C(NCc1ncc(-c2ccccc2)cn1)N1C[C@@H]2CCC[C@@]2(C(=O)O)C1. The number of carbonyl (C=O) groups excluding carboxylic acids is 1. The summed E-state index contributed by atoms with van der Waals surface area (Å²) in [5.74, 6) is -0.197. The molecular weight excluding hydrogens is 344 g/mol. The van der Waals surface area contributed by atoms with Crippen LogP contribution in [-0.2, 0) is 11.3 Å². The minimum Gasteiger partial charge on any atom is -0.481 e. The topological polar surface area (TPSA) is 95.4 Å². The molecular formula is C20H22N4O3. The van der Waals surface area contributed by atoms with Crippen LogP contribution in [-0.4, -0.2) is 45.1 Å². The van der Waals surface area contributed by atoms with Gasteiger partial charge in [0.05, 0.1) is 12.0 Å². The van der Waals surface area contributed by atoms with Crippen LogP contribution in [0.4, 0.5) is 4.79 Å². The van der Waals surface area contributed by atoms with E-state index in [1.54, 1.807) is 17.3 Å². The molecule has 1 saturated carbocycles. The molecule has 0 radical (unpaired) electrons. The monoisotopic (exact) mass is 366 g/mol. The Bertz CT molecular complexity index is 840. The summed E-state index contributed by atoms with van der Waals surface area (Å²) < 4.78 is 0. The molecule has 140 valence electrons. The number of rotatable bonds is 4. The first kappa shape index (κ1) is 17.5. The zero-order valence-corrected chi connectivity index (χ0v) is 15.0. The van der Waals surface area contributed by atoms with E-state index < -0.39 is 11.4 Å². The number of likely N-dealkylation sites (tertiary alicyclic amines) is 1. The van der Waals surface area contributed by atoms with E-state index in [2.05, 4.69) is 15.3 Å². The van der Waals surface area contributed by atoms with E-state index in [0.29, 0.717) is 18.8 Å². The summed E-state index contributed by atoms with van der Waals surface area (Å²) in [5, 5.41) is 12.4. The maximum atomic E-state index is 12.5. The standard InChI is InChI=1S/C20H22N4O3/c25-18(26)20-8-4-7-16(20)12-24(13-20)19(27)23-11-17-21-9-15(10-22-17)14-5-2-1-3-6-14/h1-3,5-6,9-10,16H,4,7-8,11-13H2,(H,23,27)(H,25,26)/t16-,20+/m0/s1. The van der Waals surface area contributed by atoms with Crippen molar-refractivity contribution in [2.45, 2.75) is 25.8 Å². The highest BCUT2D eigenvalue weighted by atomic mass is 16.4. The lowest BCUT2D eigenvalue weighted by molar-refractivity contribution is -0.149. The minimum atomic E-state index is -0.778. The van der Waals surface area contributed by atoms with Crippen LogP contribution >= 0.6 is 0 Å². The number of aliphatic carboxylic acids is 1. The highest BCUT2D eigenvalue weighted by molar-refractivity contribution is 5.80. The quantitative estimate of drug-likeness (QED) is 0.867. The van der Waals surface area contributed by atoms with E-state index in [4.69, 9.17) is 0 Å². The van der Waals surface area contributed by atoms with Crippen molar-refractivity contribution in [1.82, 2.24) is 20.2 Å². The Hall–Kier alpha value is -2.96. The molecule has 0 bridgehead atoms. The summed E-state index contributed by atoms with van der Waals surface area (Å²) >= 11 is 0. The number of benzene rings is 1. The Morgan fingerprint density at radius 2 is 1.93 bits per heavy atom. The summed E-state index contributed by atoms with van der Waals surface area (Å²) in [7, 11) is 0. The molecule has 2 fully saturated rings. The van der Waals surface area contributed by atoms with Crippen molar-refractivity contribution in [2.24, 2.45) is 11.3 Å². The third-order valence-electron chi connectivity index (χ3n) is 5.79. The number of urea groups is 1. The van der Waals surface area contributed by atoms with Gasteiger partial charge in [-0.3, -0.25) is 4.79 Å². The van der Waals surface area contributed by atoms with Crippen LogP contribution in [0.15, 0.2) is 42.7 Å². The van der Waals surface area contributed by atoms with E-state index in [-0.39, 0.29) is 25.0 Å². The first-order chi connectivity index (χ1) is 13.1. The second-order valence-corrected chi connectivity index (χ2v) is 7.34. The Morgan fingerprint density at radius 3 is 2.59 bits per heavy atom. The number of amides is 2. The second kappa shape index (κ2) is 6.98. The Kier molecular flexibility index (Phi) is 4.51. The Labute approximate surface area is 157 Å². The van der Waals surface area contributed by atoms with Gasteiger partial charge in [0.15, 0.2) is 0 Å². The largest absolute Gasteiger partial charge is 0.481 e. The van der Waals surface area contributed by atoms with Gasteiger partial charge in [-0.05, 0) is 24.3 Å². The van der Waals surface area contributed by atoms with Crippen LogP contribution in [0.5, 0.6) is 0 Å². The van der Waals surface area contributed by atoms with Gasteiger partial charge >= 0.3 is 12.0 Å². The zero-order valence-electron chi connectivity index (χ0n) is 15.0. The molecule has 2 heterocycles. The molecule has 1 aliphatic heterocycles. The van der Waals surface area contributed by atoms with Gasteiger partial charge in [0.1, 0.15) is 5.82 Å². The summed E-state index contributed by atoms with van der Waals surface area (Å²) in [6, 6.07) is 9.60. The van der Waals surface area contributed by atoms with E-state index in [9.17, 15) is 14.7 Å². The summed E-state index contributed by atoms with van der Waals surface area (Å²) in [5.41, 5.74) is 1.20. The van der Waals surface area contributed by atoms with Crippen molar-refractivity contribution in [3.63, 3.8) is 0 Å². The van der Waals surface area contributed by atoms with Crippen molar-refractivity contribution in [3.8, 4) is 11.1 Å². The molecule has 0 spiro atoms. The number of nitrogens with one attached hydrogen (secondary N) is 1. The van der Waals surface area contributed by atoms with E-state index in [1.165, 1.54) is 0 Å². The number of aromatic nitrogens is 2. The maximum Gasteiger partial charge on any atom is 0.317 e. The Balaban J connectivity index is 1.35. The van der Waals surface area contributed by atoms with Gasteiger partial charge < -0.3 is 15.3 Å². The molecule has 27 heavy (non-hydrogen) atoms. The van der Waals surface area contributed by atoms with Gasteiger partial charge in [0, 0.05) is 31.0 Å². The highest BCUT2D eigenvalue weighted by Gasteiger charge is 2.55. The lowest BCUT2D eigenvalue weighted by Gasteiger charge is -2.23. The smallest absolute Gasteiger partial charge is 0.317 e. The third kappa shape index (κ3) is 3.25. The van der Waals surface area contributed by atoms with Crippen molar-refractivity contribution in [3.05, 3.63) is 48.5 Å². The third-order valence-corrected chi connectivity index (χ3v) is 5.79. The lowest BCUT2D eigenvalue weighted by Crippen LogP contribution is -2.41. The lowest BCUT2D eigenvalue weighted by atomic mass is 9.81. The number of hydrogen-bond donors (Lipinski definition) is 2. The fourth-order valence-electron chi connectivity index (χ4n) is 4.29. The number of carbonyl (C=O) groups is 2. The average molecular weight is 366 g/mol. The molecule has 1 aliphatic carbocycles. The van der Waals surface area contributed by atoms with E-state index in [1.807, 2.05) is 30.3 Å². The molecule has 2 aromatic rings. The molecule has 0 unspecified atom stereocenters. The first-order valence-electron chi connectivity index (χ1n) is 9.21. The molecule has 2 atom stereocenters. The van der Waals surface area contributed by atoms with E-state index in [0.717, 1.165) is 24.0 Å². The number of fused-ring (bicyclic) bond motifs is 1. The number of hydrogen-bond acceptors (Lipinski definition) is 4. The second-order valence-electron chi connectivity index (χ2n) is 7.34. The molecule has 2 amide bonds. The van der Waals surface area contributed by atoms with E-state index >= 15 is 0 Å². The van der Waals surface area contributed by atoms with Gasteiger partial charge in [0.25, 0.3) is 0 Å². The fraction of sp³-hybridized carbons (Fsp3) is 0.400. The number of carboxylic acid groups (broad SMARTS) is 1. The van der Waals surface area contributed by atoms with Crippen LogP contribution in [0, 0.1) is 11.3 Å². The summed E-state index contributed by atoms with van der Waals surface area (Å²) in [6.45, 7) is 1.01. The van der Waals surface area contributed by atoms with Gasteiger partial charge in [-0.2, -0.15) is 0 Å². The van der Waals surface area contributed by atoms with Crippen molar-refractivity contribution >= 4 is 12.0 Å². The molecule has 1 aromatic carbocycles. The molecule has 1 aromatic heterocycles. The molecule has 7 heteroatoms. The fourth-order valence-corrected chi connectivity index (χ4v) is 4.29. The predicted octanol–water partition coefficient (Wildman–Crippen LogP) is 2.54. The molecule has 2 aliphatic rings. The predicted molar refractivity (Wildman–Crippen MR) is 98.7 cm³/mol. The van der Waals surface area contributed by atoms with Gasteiger partial charge in [-0.25, -0.2) is 14.8 Å². The van der Waals surface area contributed by atoms with Gasteiger partial charge in [-0.1, -0.05) is 36.8 Å². The molecule has 2 N–H and O–H groups in total. The van der Waals surface area contributed by atoms with Gasteiger partial charge in [-0.15, -0.1) is 0 Å². The molecule has 1 saturated heterocycles. The minimum absolute atomic E-state index is 0.0576. The van der Waals surface area contributed by atoms with Crippen molar-refractivity contribution in [2.75, 3.05) is 13.1 Å². The zero-order chi connectivity index (χ0) is 18.9. The van der Waals surface area contributed by atoms with Crippen LogP contribution < -0.4 is 5.32 Å². The van der Waals surface area contributed by atoms with Crippen molar-refractivity contribution < 1.29 is 14.7 Å². The number of nitrogens with zero attached hydrogens (tertiary/aromatic N) is 3. The Morgan fingerprint density at radius 1 is 1.19 bits per heavy atom. The van der Waals surface area contributed by atoms with Crippen LogP contribution in [0.2, 0.25) is 0 Å². The van der Waals surface area contributed by atoms with Crippen LogP contribution in [0.3, 0.4) is 0 Å². The number of carboxylic acids is 1. The summed E-state index contributed by atoms with van der Waals surface area (Å²) in [4.78, 5) is 34.4. The van der Waals surface area contributed by atoms with Crippen molar-refractivity contribution in [1.29, 1.82) is 0 Å². The van der Waals surface area contributed by atoms with Crippen LogP contribution in [0.1, 0.15) is 25.1 Å². The van der Waals surface area contributed by atoms with Crippen LogP contribution in [0.25, 0.3) is 11.1 Å². The summed E-state index contributed by atoms with van der Waals surface area (Å²) in [6.07, 6.45) is 5.93. The maximum absolute atomic E-state index is 12.5.